The number of rotatable bonds is 6. The number of amides is 1. The lowest BCUT2D eigenvalue weighted by Crippen LogP contribution is -2.25. The molecule has 11 heteroatoms. The number of carbonyl (C=O) groups is 2. The molecule has 3 rings (SSSR count). The number of hydrogen-bond acceptors (Lipinski definition) is 5. The monoisotopic (exact) mass is 374 g/mol. The van der Waals surface area contributed by atoms with E-state index in [9.17, 15) is 18.0 Å². The number of carboxylic acid groups (broad SMARTS) is 1. The molecule has 26 heavy (non-hydrogen) atoms. The number of aryl methyl sites for hydroxylation is 1. The Hall–Kier alpha value is -2.85. The zero-order valence-electron chi connectivity index (χ0n) is 13.6. The van der Waals surface area contributed by atoms with Gasteiger partial charge in [0.15, 0.2) is 5.69 Å². The number of nitrogens with zero attached hydrogens (tertiary/aromatic N) is 3. The van der Waals surface area contributed by atoms with Crippen LogP contribution >= 0.6 is 0 Å². The predicted molar refractivity (Wildman–Crippen MR) is 81.3 cm³/mol. The second kappa shape index (κ2) is 8.50. The summed E-state index contributed by atoms with van der Waals surface area (Å²) in [7, 11) is 0. The molecular formula is C15H17F3N4O4. The van der Waals surface area contributed by atoms with Crippen molar-refractivity contribution >= 4 is 11.9 Å². The van der Waals surface area contributed by atoms with Gasteiger partial charge >= 0.3 is 12.1 Å². The Bertz CT molecular complexity index is 724. The Labute approximate surface area is 146 Å². The standard InChI is InChI=1S/C13H16N4O2.C2HF3O2/c18-13(11-8-12(19-16-11)10-2-3-10)15-4-1-6-17-7-5-14-9-17;3-2(4,5)1(6)7/h5,7-10H,1-4,6H2,(H,15,18);(H,6,7). The van der Waals surface area contributed by atoms with Crippen molar-refractivity contribution in [3.63, 3.8) is 0 Å². The number of halogens is 3. The largest absolute Gasteiger partial charge is 0.490 e. The molecule has 2 aromatic rings. The van der Waals surface area contributed by atoms with Gasteiger partial charge < -0.3 is 19.5 Å². The highest BCUT2D eigenvalue weighted by molar-refractivity contribution is 5.92. The van der Waals surface area contributed by atoms with E-state index in [1.54, 1.807) is 18.6 Å². The predicted octanol–water partition coefficient (Wildman–Crippen LogP) is 2.20. The van der Waals surface area contributed by atoms with Crippen LogP contribution in [0.5, 0.6) is 0 Å². The number of aliphatic carboxylic acids is 1. The van der Waals surface area contributed by atoms with Crippen molar-refractivity contribution in [1.29, 1.82) is 0 Å². The molecule has 2 N–H and O–H groups in total. The van der Waals surface area contributed by atoms with Gasteiger partial charge in [0, 0.05) is 37.5 Å². The molecule has 0 bridgehead atoms. The summed E-state index contributed by atoms with van der Waals surface area (Å²) in [5.41, 5.74) is 0.379. The summed E-state index contributed by atoms with van der Waals surface area (Å²) in [6.45, 7) is 1.45. The molecule has 142 valence electrons. The van der Waals surface area contributed by atoms with Gasteiger partial charge in [-0.3, -0.25) is 4.79 Å². The molecule has 1 saturated carbocycles. The molecule has 2 aromatic heterocycles. The van der Waals surface area contributed by atoms with E-state index in [0.717, 1.165) is 31.6 Å². The average molecular weight is 374 g/mol. The fourth-order valence-electron chi connectivity index (χ4n) is 1.93. The minimum absolute atomic E-state index is 0.165. The van der Waals surface area contributed by atoms with Crippen molar-refractivity contribution in [2.24, 2.45) is 0 Å². The van der Waals surface area contributed by atoms with Crippen LogP contribution in [0.1, 0.15) is 41.4 Å². The van der Waals surface area contributed by atoms with E-state index in [-0.39, 0.29) is 5.91 Å². The third-order valence-corrected chi connectivity index (χ3v) is 3.42. The number of aromatic nitrogens is 3. The molecule has 0 aromatic carbocycles. The van der Waals surface area contributed by atoms with Gasteiger partial charge in [0.25, 0.3) is 5.91 Å². The van der Waals surface area contributed by atoms with Crippen molar-refractivity contribution in [1.82, 2.24) is 20.0 Å². The van der Waals surface area contributed by atoms with Crippen LogP contribution in [0.2, 0.25) is 0 Å². The Kier molecular flexibility index (Phi) is 6.36. The molecule has 0 saturated heterocycles. The molecule has 0 atom stereocenters. The van der Waals surface area contributed by atoms with Crippen LogP contribution in [0.25, 0.3) is 0 Å². The van der Waals surface area contributed by atoms with E-state index in [4.69, 9.17) is 14.4 Å². The molecule has 1 aliphatic rings. The van der Waals surface area contributed by atoms with Crippen LogP contribution in [0, 0.1) is 0 Å². The second-order valence-electron chi connectivity index (χ2n) is 5.60. The zero-order chi connectivity index (χ0) is 19.2. The van der Waals surface area contributed by atoms with Crippen LogP contribution in [0.15, 0.2) is 29.3 Å². The average Bonchev–Trinajstić information content (AvgIpc) is 3.10. The summed E-state index contributed by atoms with van der Waals surface area (Å²) in [5.74, 6) is -1.60. The van der Waals surface area contributed by atoms with Gasteiger partial charge in [0.1, 0.15) is 5.76 Å². The topological polar surface area (TPSA) is 110 Å². The van der Waals surface area contributed by atoms with Gasteiger partial charge in [-0.1, -0.05) is 5.16 Å². The Morgan fingerprint density at radius 1 is 1.38 bits per heavy atom. The van der Waals surface area contributed by atoms with Gasteiger partial charge in [0.05, 0.1) is 6.33 Å². The summed E-state index contributed by atoms with van der Waals surface area (Å²) in [6.07, 6.45) is 3.47. The minimum Gasteiger partial charge on any atom is -0.475 e. The van der Waals surface area contributed by atoms with Gasteiger partial charge in [-0.15, -0.1) is 0 Å². The van der Waals surface area contributed by atoms with Gasteiger partial charge in [0.2, 0.25) is 0 Å². The molecule has 8 nitrogen and oxygen atoms in total. The lowest BCUT2D eigenvalue weighted by atomic mass is 10.3. The molecule has 1 aliphatic carbocycles. The Balaban J connectivity index is 0.000000298. The van der Waals surface area contributed by atoms with E-state index in [1.165, 1.54) is 0 Å². The minimum atomic E-state index is -5.08. The summed E-state index contributed by atoms with van der Waals surface area (Å²) >= 11 is 0. The summed E-state index contributed by atoms with van der Waals surface area (Å²) in [6, 6.07) is 1.75. The van der Waals surface area contributed by atoms with Crippen LogP contribution in [-0.4, -0.2) is 44.4 Å². The number of alkyl halides is 3. The van der Waals surface area contributed by atoms with Crippen molar-refractivity contribution in [3.05, 3.63) is 36.2 Å². The van der Waals surface area contributed by atoms with Crippen LogP contribution in [0.3, 0.4) is 0 Å². The van der Waals surface area contributed by atoms with E-state index in [0.29, 0.717) is 18.2 Å². The number of carbonyl (C=O) groups excluding carboxylic acids is 1. The first-order valence-electron chi connectivity index (χ1n) is 7.78. The summed E-state index contributed by atoms with van der Waals surface area (Å²) < 4.78 is 38.9. The maximum atomic E-state index is 11.8. The number of hydrogen-bond donors (Lipinski definition) is 2. The molecule has 0 aliphatic heterocycles. The molecule has 2 heterocycles. The number of imidazole rings is 1. The maximum Gasteiger partial charge on any atom is 0.490 e. The fraction of sp³-hybridized carbons (Fsp3) is 0.467. The van der Waals surface area contributed by atoms with Gasteiger partial charge in [-0.2, -0.15) is 13.2 Å². The molecule has 0 unspecified atom stereocenters. The fourth-order valence-corrected chi connectivity index (χ4v) is 1.93. The molecule has 1 fully saturated rings. The highest BCUT2D eigenvalue weighted by atomic mass is 19.4. The number of carboxylic acids is 1. The smallest absolute Gasteiger partial charge is 0.475 e. The number of nitrogens with one attached hydrogen (secondary N) is 1. The molecular weight excluding hydrogens is 357 g/mol. The SMILES string of the molecule is O=C(NCCCn1ccnc1)c1cc(C2CC2)on1.O=C(O)C(F)(F)F. The maximum absolute atomic E-state index is 11.8. The van der Waals surface area contributed by atoms with E-state index < -0.39 is 12.1 Å². The van der Waals surface area contributed by atoms with E-state index >= 15 is 0 Å². The van der Waals surface area contributed by atoms with Crippen molar-refractivity contribution in [3.8, 4) is 0 Å². The lowest BCUT2D eigenvalue weighted by Gasteiger charge is -2.03. The third kappa shape index (κ3) is 6.22. The highest BCUT2D eigenvalue weighted by Crippen LogP contribution is 2.40. The van der Waals surface area contributed by atoms with Crippen LogP contribution in [0.4, 0.5) is 13.2 Å². The highest BCUT2D eigenvalue weighted by Gasteiger charge is 2.38. The van der Waals surface area contributed by atoms with E-state index in [1.807, 2.05) is 10.8 Å². The Morgan fingerprint density at radius 3 is 2.62 bits per heavy atom. The first kappa shape index (κ1) is 19.5. The summed E-state index contributed by atoms with van der Waals surface area (Å²) in [4.78, 5) is 24.7. The molecule has 1 amide bonds. The molecule has 0 spiro atoms. The first-order chi connectivity index (χ1) is 12.3. The van der Waals surface area contributed by atoms with Crippen LogP contribution in [-0.2, 0) is 11.3 Å². The van der Waals surface area contributed by atoms with Crippen molar-refractivity contribution < 1.29 is 32.4 Å². The van der Waals surface area contributed by atoms with Gasteiger partial charge in [-0.25, -0.2) is 9.78 Å². The first-order valence-corrected chi connectivity index (χ1v) is 7.78. The molecule has 0 radical (unpaired) electrons. The lowest BCUT2D eigenvalue weighted by molar-refractivity contribution is -0.192. The van der Waals surface area contributed by atoms with Crippen molar-refractivity contribution in [2.75, 3.05) is 6.54 Å². The Morgan fingerprint density at radius 2 is 2.08 bits per heavy atom. The normalized spacial score (nSPS) is 13.7. The van der Waals surface area contributed by atoms with E-state index in [2.05, 4.69) is 15.5 Å². The van der Waals surface area contributed by atoms with Crippen molar-refractivity contribution in [2.45, 2.75) is 37.9 Å². The van der Waals surface area contributed by atoms with Crippen LogP contribution < -0.4 is 5.32 Å². The summed E-state index contributed by atoms with van der Waals surface area (Å²) in [5, 5.41) is 13.8. The quantitative estimate of drug-likeness (QED) is 0.750. The zero-order valence-corrected chi connectivity index (χ0v) is 13.6. The second-order valence-corrected chi connectivity index (χ2v) is 5.60. The third-order valence-electron chi connectivity index (χ3n) is 3.42. The van der Waals surface area contributed by atoms with Gasteiger partial charge in [-0.05, 0) is 19.3 Å².